The Morgan fingerprint density at radius 1 is 1.28 bits per heavy atom. The number of ether oxygens (including phenoxy) is 1. The van der Waals surface area contributed by atoms with Crippen LogP contribution in [0.4, 0.5) is 32.0 Å². The summed E-state index contributed by atoms with van der Waals surface area (Å²) in [5, 5.41) is 8.73. The molecule has 0 spiro atoms. The Hall–Kier alpha value is -2.70. The van der Waals surface area contributed by atoms with E-state index in [4.69, 9.17) is 5.26 Å². The molecule has 1 rings (SSSR count). The third-order valence-electron chi connectivity index (χ3n) is 3.02. The molecule has 0 fully saturated rings. The Morgan fingerprint density at radius 2 is 1.88 bits per heavy atom. The van der Waals surface area contributed by atoms with Gasteiger partial charge in [0.05, 0.1) is 24.3 Å². The zero-order valence-corrected chi connectivity index (χ0v) is 12.8. The molecule has 0 aliphatic carbocycles. The van der Waals surface area contributed by atoms with Crippen molar-refractivity contribution in [1.29, 1.82) is 5.26 Å². The quantitative estimate of drug-likeness (QED) is 0.453. The van der Waals surface area contributed by atoms with Gasteiger partial charge in [-0.05, 0) is 18.2 Å². The lowest BCUT2D eigenvalue weighted by atomic mass is 10.1. The van der Waals surface area contributed by atoms with Crippen molar-refractivity contribution in [2.45, 2.75) is 12.4 Å². The first kappa shape index (κ1) is 20.3. The fourth-order valence-electron chi connectivity index (χ4n) is 1.96. The van der Waals surface area contributed by atoms with E-state index in [1.165, 1.54) is 6.07 Å². The molecule has 136 valence electrons. The van der Waals surface area contributed by atoms with Crippen molar-refractivity contribution in [1.82, 2.24) is 0 Å². The predicted octanol–water partition coefficient (Wildman–Crippen LogP) is 3.67. The predicted molar refractivity (Wildman–Crippen MR) is 75.6 cm³/mol. The van der Waals surface area contributed by atoms with E-state index in [0.717, 1.165) is 19.2 Å². The van der Waals surface area contributed by atoms with Crippen LogP contribution in [0.5, 0.6) is 0 Å². The third kappa shape index (κ3) is 5.70. The second-order valence-corrected chi connectivity index (χ2v) is 4.91. The zero-order chi connectivity index (χ0) is 19.4. The van der Waals surface area contributed by atoms with Crippen LogP contribution in [0.25, 0.3) is 0 Å². The van der Waals surface area contributed by atoms with E-state index in [0.29, 0.717) is 11.0 Å². The fourth-order valence-corrected chi connectivity index (χ4v) is 1.96. The van der Waals surface area contributed by atoms with Gasteiger partial charge in [-0.2, -0.15) is 31.6 Å². The number of alkyl halides is 6. The zero-order valence-electron chi connectivity index (χ0n) is 12.8. The maximum atomic E-state index is 13.0. The molecule has 0 aliphatic rings. The molecular weight excluding hydrogens is 354 g/mol. The number of nitriles is 1. The molecule has 0 N–H and O–H groups in total. The maximum Gasteiger partial charge on any atom is 0.417 e. The van der Waals surface area contributed by atoms with Crippen LogP contribution in [-0.4, -0.2) is 32.3 Å². The Morgan fingerprint density at radius 3 is 2.32 bits per heavy atom. The van der Waals surface area contributed by atoms with Gasteiger partial charge in [0.25, 0.3) is 0 Å². The van der Waals surface area contributed by atoms with Gasteiger partial charge in [0.1, 0.15) is 6.54 Å². The largest absolute Gasteiger partial charge is 0.466 e. The van der Waals surface area contributed by atoms with Gasteiger partial charge in [0, 0.05) is 17.8 Å². The van der Waals surface area contributed by atoms with E-state index >= 15 is 0 Å². The SMILES string of the molecule is C=C(CN(CC(F)(F)F)c1ccc(C#N)c(C(F)(F)F)c1)C(=O)OC. The summed E-state index contributed by atoms with van der Waals surface area (Å²) in [6, 6.07) is 3.46. The van der Waals surface area contributed by atoms with Crippen LogP contribution in [0.1, 0.15) is 11.1 Å². The molecule has 25 heavy (non-hydrogen) atoms. The van der Waals surface area contributed by atoms with Crippen LogP contribution in [0.3, 0.4) is 0 Å². The highest BCUT2D eigenvalue weighted by Gasteiger charge is 2.36. The summed E-state index contributed by atoms with van der Waals surface area (Å²) in [5.41, 5.74) is -2.93. The van der Waals surface area contributed by atoms with E-state index in [1.54, 1.807) is 0 Å². The van der Waals surface area contributed by atoms with Crippen molar-refractivity contribution >= 4 is 11.7 Å². The van der Waals surface area contributed by atoms with Gasteiger partial charge >= 0.3 is 18.3 Å². The number of rotatable bonds is 5. The summed E-state index contributed by atoms with van der Waals surface area (Å²) < 4.78 is 81.5. The highest BCUT2D eigenvalue weighted by atomic mass is 19.4. The second kappa shape index (κ2) is 7.46. The Balaban J connectivity index is 3.33. The van der Waals surface area contributed by atoms with Crippen LogP contribution >= 0.6 is 0 Å². The minimum atomic E-state index is -4.93. The Bertz CT molecular complexity index is 703. The molecule has 0 atom stereocenters. The number of carbonyl (C=O) groups excluding carboxylic acids is 1. The third-order valence-corrected chi connectivity index (χ3v) is 3.02. The van der Waals surface area contributed by atoms with Crippen molar-refractivity contribution < 1.29 is 35.9 Å². The smallest absolute Gasteiger partial charge is 0.417 e. The van der Waals surface area contributed by atoms with Crippen molar-refractivity contribution in [3.05, 3.63) is 41.5 Å². The fraction of sp³-hybridized carbons (Fsp3) is 0.333. The van der Waals surface area contributed by atoms with Gasteiger partial charge in [0.15, 0.2) is 0 Å². The van der Waals surface area contributed by atoms with E-state index in [-0.39, 0.29) is 5.57 Å². The molecule has 0 unspecified atom stereocenters. The number of hydrogen-bond donors (Lipinski definition) is 0. The number of esters is 1. The molecule has 0 aliphatic heterocycles. The molecule has 0 radical (unpaired) electrons. The molecule has 0 saturated heterocycles. The molecule has 0 saturated carbocycles. The molecule has 0 heterocycles. The van der Waals surface area contributed by atoms with Gasteiger partial charge < -0.3 is 9.64 Å². The summed E-state index contributed by atoms with van der Waals surface area (Å²) in [7, 11) is 0.991. The average molecular weight is 366 g/mol. The average Bonchev–Trinajstić information content (AvgIpc) is 2.50. The summed E-state index contributed by atoms with van der Waals surface area (Å²) in [6.45, 7) is 0.950. The van der Waals surface area contributed by atoms with Crippen LogP contribution in [0.2, 0.25) is 0 Å². The lowest BCUT2D eigenvalue weighted by Gasteiger charge is -2.27. The second-order valence-electron chi connectivity index (χ2n) is 4.91. The number of hydrogen-bond acceptors (Lipinski definition) is 4. The minimum absolute atomic E-state index is 0.371. The molecule has 0 bridgehead atoms. The summed E-state index contributed by atoms with van der Waals surface area (Å²) >= 11 is 0. The first-order valence-corrected chi connectivity index (χ1v) is 6.58. The summed E-state index contributed by atoms with van der Waals surface area (Å²) in [5.74, 6) is -0.989. The number of carbonyl (C=O) groups is 1. The number of halogens is 6. The van der Waals surface area contributed by atoms with Gasteiger partial charge in [0.2, 0.25) is 0 Å². The van der Waals surface area contributed by atoms with Gasteiger partial charge in [-0.25, -0.2) is 4.79 Å². The Labute approximate surface area is 138 Å². The van der Waals surface area contributed by atoms with Crippen LogP contribution in [0.15, 0.2) is 30.4 Å². The number of benzene rings is 1. The molecule has 4 nitrogen and oxygen atoms in total. The molecule has 10 heteroatoms. The van der Waals surface area contributed by atoms with E-state index < -0.39 is 48.2 Å². The molecular formula is C15H12F6N2O2. The standard InChI is InChI=1S/C15H12F6N2O2/c1-9(13(24)25-2)7-23(8-14(16,17)18)11-4-3-10(6-22)12(5-11)15(19,20)21/h3-5H,1,7-8H2,2H3. The van der Waals surface area contributed by atoms with E-state index in [2.05, 4.69) is 11.3 Å². The van der Waals surface area contributed by atoms with Gasteiger partial charge in [-0.1, -0.05) is 6.58 Å². The first-order chi connectivity index (χ1) is 11.4. The summed E-state index contributed by atoms with van der Waals surface area (Å²) in [4.78, 5) is 11.8. The molecule has 0 amide bonds. The van der Waals surface area contributed by atoms with Crippen molar-refractivity contribution in [2.24, 2.45) is 0 Å². The molecule has 1 aromatic rings. The van der Waals surface area contributed by atoms with Crippen molar-refractivity contribution in [2.75, 3.05) is 25.1 Å². The van der Waals surface area contributed by atoms with Crippen molar-refractivity contribution in [3.8, 4) is 6.07 Å². The Kier molecular flexibility index (Phi) is 6.07. The lowest BCUT2D eigenvalue weighted by Crippen LogP contribution is -2.37. The van der Waals surface area contributed by atoms with Crippen LogP contribution in [-0.2, 0) is 15.7 Å². The van der Waals surface area contributed by atoms with Gasteiger partial charge in [-0.3, -0.25) is 0 Å². The van der Waals surface area contributed by atoms with Crippen molar-refractivity contribution in [3.63, 3.8) is 0 Å². The number of nitrogens with zero attached hydrogens (tertiary/aromatic N) is 2. The highest BCUT2D eigenvalue weighted by Crippen LogP contribution is 2.35. The van der Waals surface area contributed by atoms with Crippen LogP contribution < -0.4 is 4.90 Å². The van der Waals surface area contributed by atoms with Gasteiger partial charge in [-0.15, -0.1) is 0 Å². The van der Waals surface area contributed by atoms with E-state index in [9.17, 15) is 31.1 Å². The van der Waals surface area contributed by atoms with E-state index in [1.807, 2.05) is 0 Å². The lowest BCUT2D eigenvalue weighted by molar-refractivity contribution is -0.138. The normalized spacial score (nSPS) is 11.6. The summed E-state index contributed by atoms with van der Waals surface area (Å²) in [6.07, 6.45) is -9.67. The highest BCUT2D eigenvalue weighted by molar-refractivity contribution is 5.88. The maximum absolute atomic E-state index is 13.0. The minimum Gasteiger partial charge on any atom is -0.466 e. The topological polar surface area (TPSA) is 53.3 Å². The number of anilines is 1. The molecule has 0 aromatic heterocycles. The number of methoxy groups -OCH3 is 1. The monoisotopic (exact) mass is 366 g/mol. The molecule has 1 aromatic carbocycles. The first-order valence-electron chi connectivity index (χ1n) is 6.58. The van der Waals surface area contributed by atoms with Crippen LogP contribution in [0, 0.1) is 11.3 Å².